The first kappa shape index (κ1) is 28.5. The predicted octanol–water partition coefficient (Wildman–Crippen LogP) is 6.08. The van der Waals surface area contributed by atoms with Crippen molar-refractivity contribution in [2.24, 2.45) is 0 Å². The van der Waals surface area contributed by atoms with Crippen LogP contribution in [0, 0.1) is 0 Å². The molecule has 0 radical (unpaired) electrons. The summed E-state index contributed by atoms with van der Waals surface area (Å²) in [5.74, 6) is 0.210. The zero-order valence-corrected chi connectivity index (χ0v) is 24.8. The van der Waals surface area contributed by atoms with Crippen LogP contribution in [0.3, 0.4) is 0 Å². The van der Waals surface area contributed by atoms with Crippen LogP contribution >= 0.6 is 11.6 Å². The Bertz CT molecular complexity index is 1310. The molecule has 10 heteroatoms. The Kier molecular flexibility index (Phi) is 7.63. The van der Waals surface area contributed by atoms with Gasteiger partial charge in [0.1, 0.15) is 11.9 Å². The molecule has 1 unspecified atom stereocenters. The van der Waals surface area contributed by atoms with E-state index in [-0.39, 0.29) is 41.0 Å². The third-order valence-electron chi connectivity index (χ3n) is 8.32. The van der Waals surface area contributed by atoms with Crippen molar-refractivity contribution in [3.63, 3.8) is 0 Å². The van der Waals surface area contributed by atoms with Crippen LogP contribution in [0.15, 0.2) is 24.3 Å². The Morgan fingerprint density at radius 1 is 1.20 bits per heavy atom. The van der Waals surface area contributed by atoms with Crippen LogP contribution in [0.4, 0.5) is 16.3 Å². The van der Waals surface area contributed by atoms with E-state index in [2.05, 4.69) is 10.6 Å². The minimum atomic E-state index is -0.469. The highest BCUT2D eigenvalue weighted by molar-refractivity contribution is 6.34. The van der Waals surface area contributed by atoms with Gasteiger partial charge in [-0.25, -0.2) is 9.48 Å². The number of hydrogen-bond acceptors (Lipinski definition) is 5. The molecule has 2 N–H and O–H groups in total. The second-order valence-electron chi connectivity index (χ2n) is 12.8. The normalized spacial score (nSPS) is 22.8. The summed E-state index contributed by atoms with van der Waals surface area (Å²) < 4.78 is 7.56. The molecule has 0 bridgehead atoms. The molecule has 1 aromatic heterocycles. The number of amides is 3. The van der Waals surface area contributed by atoms with Gasteiger partial charge in [-0.15, -0.1) is 0 Å². The average molecular weight is 570 g/mol. The predicted molar refractivity (Wildman–Crippen MR) is 155 cm³/mol. The highest BCUT2D eigenvalue weighted by Crippen LogP contribution is 2.39. The van der Waals surface area contributed by atoms with Crippen molar-refractivity contribution in [2.45, 2.75) is 109 Å². The lowest BCUT2D eigenvalue weighted by molar-refractivity contribution is -0.118. The van der Waals surface area contributed by atoms with Gasteiger partial charge in [-0.3, -0.25) is 9.59 Å². The van der Waals surface area contributed by atoms with Crippen molar-refractivity contribution >= 4 is 41.0 Å². The standard InChI is InChI=1S/C30H40ClN5O4/c1-18(19-9-11-24(22(31)16-19)35-14-6-7-26(35)37)27(38)32-25-17-23(34-36(25)29(2,3)4)20-8-10-21(15-20)40-28(39)33-30(5)12-13-30/h9,11,16-18,20-21H,6-8,10,12-15H2,1-5H3,(H,32,38)(H,33,39)/t18?,20-,21+/m0/s1. The Labute approximate surface area is 241 Å². The van der Waals surface area contributed by atoms with Gasteiger partial charge in [0, 0.05) is 30.5 Å². The van der Waals surface area contributed by atoms with Gasteiger partial charge in [-0.05, 0) is 90.8 Å². The Hall–Kier alpha value is -3.07. The average Bonchev–Trinajstić information content (AvgIpc) is 3.27. The third kappa shape index (κ3) is 6.14. The molecular formula is C30H40ClN5O4. The first-order valence-electron chi connectivity index (χ1n) is 14.3. The Morgan fingerprint density at radius 3 is 2.58 bits per heavy atom. The Balaban J connectivity index is 1.26. The van der Waals surface area contributed by atoms with Gasteiger partial charge in [0.2, 0.25) is 11.8 Å². The van der Waals surface area contributed by atoms with E-state index in [1.54, 1.807) is 11.0 Å². The number of nitrogens with one attached hydrogen (secondary N) is 2. The summed E-state index contributed by atoms with van der Waals surface area (Å²) in [6.45, 7) is 10.7. The highest BCUT2D eigenvalue weighted by Gasteiger charge is 2.40. The number of halogens is 1. The van der Waals surface area contributed by atoms with Crippen molar-refractivity contribution in [2.75, 3.05) is 16.8 Å². The number of alkyl carbamates (subject to hydrolysis) is 1. The van der Waals surface area contributed by atoms with E-state index >= 15 is 0 Å². The van der Waals surface area contributed by atoms with Gasteiger partial charge in [-0.1, -0.05) is 17.7 Å². The number of rotatable bonds is 7. The van der Waals surface area contributed by atoms with E-state index in [1.807, 2.05) is 57.5 Å². The van der Waals surface area contributed by atoms with Gasteiger partial charge in [-0.2, -0.15) is 5.10 Å². The molecule has 3 aliphatic rings. The SMILES string of the molecule is CC(C(=O)Nc1cc([C@H]2CC[C@@H](OC(=O)NC3(C)CC3)C2)nn1C(C)(C)C)c1ccc(N2CCCC2=O)c(Cl)c1. The molecule has 9 nitrogen and oxygen atoms in total. The highest BCUT2D eigenvalue weighted by atomic mass is 35.5. The molecule has 3 fully saturated rings. The Morgan fingerprint density at radius 2 is 1.95 bits per heavy atom. The van der Waals surface area contributed by atoms with E-state index in [0.717, 1.165) is 43.4 Å². The maximum absolute atomic E-state index is 13.4. The maximum atomic E-state index is 13.4. The summed E-state index contributed by atoms with van der Waals surface area (Å²) in [7, 11) is 0. The van der Waals surface area contributed by atoms with Gasteiger partial charge in [0.15, 0.2) is 0 Å². The van der Waals surface area contributed by atoms with E-state index in [0.29, 0.717) is 35.9 Å². The molecule has 40 heavy (non-hydrogen) atoms. The second kappa shape index (κ2) is 10.7. The topological polar surface area (TPSA) is 106 Å². The number of ether oxygens (including phenoxy) is 1. The smallest absolute Gasteiger partial charge is 0.407 e. The van der Waals surface area contributed by atoms with E-state index in [1.165, 1.54) is 0 Å². The minimum absolute atomic E-state index is 0.0720. The van der Waals surface area contributed by atoms with Gasteiger partial charge < -0.3 is 20.3 Å². The molecule has 0 spiro atoms. The lowest BCUT2D eigenvalue weighted by Crippen LogP contribution is -2.36. The summed E-state index contributed by atoms with van der Waals surface area (Å²) in [5, 5.41) is 11.4. The summed E-state index contributed by atoms with van der Waals surface area (Å²) >= 11 is 6.55. The lowest BCUT2D eigenvalue weighted by atomic mass is 9.99. The van der Waals surface area contributed by atoms with E-state index in [9.17, 15) is 14.4 Å². The fraction of sp³-hybridized carbons (Fsp3) is 0.600. The summed E-state index contributed by atoms with van der Waals surface area (Å²) in [4.78, 5) is 39.5. The molecule has 2 aromatic rings. The number of aromatic nitrogens is 2. The minimum Gasteiger partial charge on any atom is -0.446 e. The van der Waals surface area contributed by atoms with Gasteiger partial charge >= 0.3 is 6.09 Å². The third-order valence-corrected chi connectivity index (χ3v) is 8.63. The monoisotopic (exact) mass is 569 g/mol. The van der Waals surface area contributed by atoms with Crippen molar-refractivity contribution in [3.05, 3.63) is 40.5 Å². The van der Waals surface area contributed by atoms with E-state index < -0.39 is 5.92 Å². The number of nitrogens with zero attached hydrogens (tertiary/aromatic N) is 3. The second-order valence-corrected chi connectivity index (χ2v) is 13.2. The van der Waals surface area contributed by atoms with Crippen molar-refractivity contribution in [1.29, 1.82) is 0 Å². The number of anilines is 2. The molecular weight excluding hydrogens is 530 g/mol. The summed E-state index contributed by atoms with van der Waals surface area (Å²) in [6, 6.07) is 7.41. The largest absolute Gasteiger partial charge is 0.446 e. The molecule has 5 rings (SSSR count). The van der Waals surface area contributed by atoms with Gasteiger partial charge in [0.25, 0.3) is 0 Å². The summed E-state index contributed by atoms with van der Waals surface area (Å²) in [5.41, 5.74) is 1.89. The molecule has 2 saturated carbocycles. The fourth-order valence-electron chi connectivity index (χ4n) is 5.55. The van der Waals surface area contributed by atoms with Crippen LogP contribution in [0.5, 0.6) is 0 Å². The quantitative estimate of drug-likeness (QED) is 0.420. The number of benzene rings is 1. The zero-order chi connectivity index (χ0) is 28.8. The fourth-order valence-corrected chi connectivity index (χ4v) is 5.85. The first-order valence-corrected chi connectivity index (χ1v) is 14.7. The summed E-state index contributed by atoms with van der Waals surface area (Å²) in [6.07, 6.45) is 5.21. The maximum Gasteiger partial charge on any atom is 0.407 e. The van der Waals surface area contributed by atoms with Crippen LogP contribution < -0.4 is 15.5 Å². The van der Waals surface area contributed by atoms with Crippen molar-refractivity contribution in [3.8, 4) is 0 Å². The molecule has 1 saturated heterocycles. The number of hydrogen-bond donors (Lipinski definition) is 2. The molecule has 3 atom stereocenters. The van der Waals surface area contributed by atoms with Crippen LogP contribution in [0.25, 0.3) is 0 Å². The van der Waals surface area contributed by atoms with Crippen LogP contribution in [0.1, 0.15) is 103 Å². The van der Waals surface area contributed by atoms with Gasteiger partial charge in [0.05, 0.1) is 27.9 Å². The number of carbonyl (C=O) groups excluding carboxylic acids is 3. The van der Waals surface area contributed by atoms with Crippen molar-refractivity contribution in [1.82, 2.24) is 15.1 Å². The first-order chi connectivity index (χ1) is 18.8. The van der Waals surface area contributed by atoms with E-state index in [4.69, 9.17) is 21.4 Å². The van der Waals surface area contributed by atoms with Crippen molar-refractivity contribution < 1.29 is 19.1 Å². The number of carbonyl (C=O) groups is 3. The molecule has 2 aliphatic carbocycles. The van der Waals surface area contributed by atoms with Crippen LogP contribution in [-0.2, 0) is 19.9 Å². The molecule has 1 aliphatic heterocycles. The molecule has 2 heterocycles. The lowest BCUT2D eigenvalue weighted by Gasteiger charge is -2.23. The van der Waals surface area contributed by atoms with Crippen LogP contribution in [-0.4, -0.2) is 45.9 Å². The molecule has 1 aromatic carbocycles. The van der Waals surface area contributed by atoms with Crippen LogP contribution in [0.2, 0.25) is 5.02 Å². The molecule has 3 amide bonds. The zero-order valence-electron chi connectivity index (χ0n) is 24.1. The molecule has 216 valence electrons.